The Bertz CT molecular complexity index is 144. The van der Waals surface area contributed by atoms with E-state index in [1.54, 1.807) is 0 Å². The Morgan fingerprint density at radius 1 is 1.00 bits per heavy atom. The van der Waals surface area contributed by atoms with E-state index in [9.17, 15) is 0 Å². The van der Waals surface area contributed by atoms with Gasteiger partial charge in [-0.1, -0.05) is 0 Å². The van der Waals surface area contributed by atoms with Crippen LogP contribution in [0.2, 0.25) is 19.6 Å². The van der Waals surface area contributed by atoms with Gasteiger partial charge in [0.05, 0.1) is 0 Å². The molecule has 0 aliphatic carbocycles. The van der Waals surface area contributed by atoms with Crippen LogP contribution in [0.25, 0.3) is 0 Å². The molecule has 0 rings (SSSR count). The van der Waals surface area contributed by atoms with Gasteiger partial charge in [0.1, 0.15) is 0 Å². The fourth-order valence-corrected chi connectivity index (χ4v) is 8.47. The first kappa shape index (κ1) is 14.9. The fourth-order valence-electron chi connectivity index (χ4n) is 1.30. The van der Waals surface area contributed by atoms with Crippen molar-refractivity contribution in [3.05, 3.63) is 0 Å². The predicted molar refractivity (Wildman–Crippen MR) is 63.2 cm³/mol. The van der Waals surface area contributed by atoms with Crippen LogP contribution < -0.4 is 7.11 Å². The van der Waals surface area contributed by atoms with Crippen molar-refractivity contribution in [3.8, 4) is 0 Å². The van der Waals surface area contributed by atoms with Crippen molar-refractivity contribution in [1.82, 2.24) is 7.11 Å². The Morgan fingerprint density at radius 3 is 1.71 bits per heavy atom. The average molecular weight is 383 g/mol. The molecule has 0 aliphatic heterocycles. The molecule has 85 valence electrons. The van der Waals surface area contributed by atoms with Gasteiger partial charge in [0.15, 0.2) is 0 Å². The molecule has 0 atom stereocenters. The molecule has 0 aliphatic rings. The van der Waals surface area contributed by atoms with Gasteiger partial charge in [0.2, 0.25) is 0 Å². The number of hydrogen-bond donors (Lipinski definition) is 2. The van der Waals surface area contributed by atoms with Crippen molar-refractivity contribution < 1.29 is 20.3 Å². The van der Waals surface area contributed by atoms with Crippen LogP contribution in [0.5, 0.6) is 0 Å². The molecule has 14 heavy (non-hydrogen) atoms. The average Bonchev–Trinajstić information content (AvgIpc) is 2.11. The van der Waals surface area contributed by atoms with Crippen LogP contribution in [0.4, 0.5) is 0 Å². The molecule has 0 saturated heterocycles. The molecular weight excluding hydrogens is 357 g/mol. The van der Waals surface area contributed by atoms with Gasteiger partial charge >= 0.3 is 101 Å². The molecule has 0 aromatic carbocycles. The van der Waals surface area contributed by atoms with Gasteiger partial charge in [-0.3, -0.25) is 0 Å². The predicted octanol–water partition coefficient (Wildman–Crippen LogP) is 2.88. The van der Waals surface area contributed by atoms with Crippen molar-refractivity contribution in [2.24, 2.45) is 0 Å². The van der Waals surface area contributed by atoms with E-state index < -0.39 is 28.5 Å². The number of rotatable bonds is 7. The Balaban J connectivity index is 3.95. The van der Waals surface area contributed by atoms with Gasteiger partial charge in [0, 0.05) is 0 Å². The topological polar surface area (TPSA) is 24.1 Å². The summed E-state index contributed by atoms with van der Waals surface area (Å²) in [6, 6.07) is 0. The van der Waals surface area contributed by atoms with Gasteiger partial charge in [0.25, 0.3) is 0 Å². The van der Waals surface area contributed by atoms with Gasteiger partial charge in [-0.25, -0.2) is 0 Å². The van der Waals surface area contributed by atoms with Crippen molar-refractivity contribution in [2.45, 2.75) is 65.2 Å². The Kier molecular flexibility index (Phi) is 6.86. The SMILES string of the molecule is CCC(CC)(CC)[NH][Ta][NH][Si](C)(C)C. The van der Waals surface area contributed by atoms with E-state index in [1.165, 1.54) is 19.3 Å². The minimum atomic E-state index is -1.03. The molecule has 0 amide bonds. The molecule has 0 aromatic rings. The molecule has 0 aromatic heterocycles. The molecule has 0 spiro atoms. The summed E-state index contributed by atoms with van der Waals surface area (Å²) in [5.41, 5.74) is 0.434. The summed E-state index contributed by atoms with van der Waals surface area (Å²) in [4.78, 5) is 0. The molecule has 4 heteroatoms. The zero-order valence-corrected chi connectivity index (χ0v) is 14.8. The third kappa shape index (κ3) is 5.68. The molecule has 0 heterocycles. The molecule has 0 saturated carbocycles. The summed E-state index contributed by atoms with van der Waals surface area (Å²) >= 11 is -0.638. The first-order valence-electron chi connectivity index (χ1n) is 5.63. The van der Waals surface area contributed by atoms with Crippen molar-refractivity contribution in [1.29, 1.82) is 0 Å². The summed E-state index contributed by atoms with van der Waals surface area (Å²) in [5.74, 6) is 0. The Morgan fingerprint density at radius 2 is 1.43 bits per heavy atom. The van der Waals surface area contributed by atoms with Crippen molar-refractivity contribution >= 4 is 8.24 Å². The monoisotopic (exact) mass is 383 g/mol. The summed E-state index contributed by atoms with van der Waals surface area (Å²) < 4.78 is 7.63. The summed E-state index contributed by atoms with van der Waals surface area (Å²) in [7, 11) is -1.03. The summed E-state index contributed by atoms with van der Waals surface area (Å²) in [6.45, 7) is 14.0. The second-order valence-corrected chi connectivity index (χ2v) is 13.7. The van der Waals surface area contributed by atoms with E-state index >= 15 is 0 Å². The number of nitrogens with one attached hydrogen (secondary N) is 2. The molecule has 2 nitrogen and oxygen atoms in total. The zero-order valence-electron chi connectivity index (χ0n) is 10.6. The maximum absolute atomic E-state index is 3.84. The first-order valence-corrected chi connectivity index (χ1v) is 12.3. The molecule has 0 bridgehead atoms. The van der Waals surface area contributed by atoms with Crippen LogP contribution in [0, 0.1) is 0 Å². The van der Waals surface area contributed by atoms with E-state index in [4.69, 9.17) is 0 Å². The second kappa shape index (κ2) is 6.46. The third-order valence-electron chi connectivity index (χ3n) is 2.71. The van der Waals surface area contributed by atoms with E-state index in [-0.39, 0.29) is 0 Å². The van der Waals surface area contributed by atoms with Crippen LogP contribution in [-0.2, 0) is 20.3 Å². The maximum atomic E-state index is 3.84. The summed E-state index contributed by atoms with van der Waals surface area (Å²) in [5, 5.41) is 0. The normalized spacial score (nSPS) is 13.0. The van der Waals surface area contributed by atoms with Gasteiger partial charge in [-0.15, -0.1) is 0 Å². The Hall–Kier alpha value is 0.877. The van der Waals surface area contributed by atoms with Gasteiger partial charge < -0.3 is 0 Å². The quantitative estimate of drug-likeness (QED) is 0.661. The van der Waals surface area contributed by atoms with Crippen LogP contribution in [0.3, 0.4) is 0 Å². The van der Waals surface area contributed by atoms with Gasteiger partial charge in [-0.2, -0.15) is 0 Å². The molecular formula is C10H26N2SiTa. The van der Waals surface area contributed by atoms with E-state index in [1.807, 2.05) is 0 Å². The number of hydrogen-bond acceptors (Lipinski definition) is 2. The van der Waals surface area contributed by atoms with Gasteiger partial charge in [-0.05, 0) is 0 Å². The standard InChI is InChI=1S/C7H16N.C3H10NSi.Ta/c1-4-7(8,5-2)6-3;1-5(2,3)4;/h8H,4-6H2,1-3H3;4H,1-3H3;/q2*-1;+2. The molecule has 0 unspecified atom stereocenters. The third-order valence-corrected chi connectivity index (χ3v) is 14.0. The molecule has 2 N–H and O–H groups in total. The van der Waals surface area contributed by atoms with E-state index in [0.29, 0.717) is 5.54 Å². The van der Waals surface area contributed by atoms with Crippen LogP contribution >= 0.6 is 0 Å². The Labute approximate surface area is 101 Å². The van der Waals surface area contributed by atoms with Crippen LogP contribution in [0.1, 0.15) is 40.0 Å². The first-order chi connectivity index (χ1) is 6.39. The van der Waals surface area contributed by atoms with Crippen molar-refractivity contribution in [2.75, 3.05) is 0 Å². The zero-order chi connectivity index (χ0) is 11.2. The van der Waals surface area contributed by atoms with Crippen LogP contribution in [0.15, 0.2) is 0 Å². The van der Waals surface area contributed by atoms with E-state index in [2.05, 4.69) is 47.5 Å². The van der Waals surface area contributed by atoms with E-state index in [0.717, 1.165) is 0 Å². The molecule has 0 fully saturated rings. The van der Waals surface area contributed by atoms with Crippen LogP contribution in [-0.4, -0.2) is 13.8 Å². The molecule has 0 radical (unpaired) electrons. The minimum absolute atomic E-state index is 0.434. The summed E-state index contributed by atoms with van der Waals surface area (Å²) in [6.07, 6.45) is 3.78. The second-order valence-electron chi connectivity index (χ2n) is 4.93. The van der Waals surface area contributed by atoms with Crippen molar-refractivity contribution in [3.63, 3.8) is 0 Å². The fraction of sp³-hybridized carbons (Fsp3) is 1.00.